The van der Waals surface area contributed by atoms with Crippen LogP contribution in [0.5, 0.6) is 5.75 Å². The summed E-state index contributed by atoms with van der Waals surface area (Å²) in [6.45, 7) is 5.71. The van der Waals surface area contributed by atoms with Gasteiger partial charge in [0.2, 0.25) is 0 Å². The van der Waals surface area contributed by atoms with E-state index in [-0.39, 0.29) is 12.3 Å². The Morgan fingerprint density at radius 2 is 1.77 bits per heavy atom. The smallest absolute Gasteiger partial charge is 0.255 e. The van der Waals surface area contributed by atoms with Crippen LogP contribution in [0.25, 0.3) is 0 Å². The van der Waals surface area contributed by atoms with Gasteiger partial charge in [-0.05, 0) is 73.7 Å². The molecular formula is C28H35N3O4. The number of hydrogen-bond donors (Lipinski definition) is 0. The van der Waals surface area contributed by atoms with E-state index in [1.807, 2.05) is 24.3 Å². The molecule has 0 bridgehead atoms. The van der Waals surface area contributed by atoms with Gasteiger partial charge in [0, 0.05) is 50.4 Å². The van der Waals surface area contributed by atoms with Crippen molar-refractivity contribution in [2.24, 2.45) is 0 Å². The third-order valence-corrected chi connectivity index (χ3v) is 7.21. The fourth-order valence-electron chi connectivity index (χ4n) is 5.13. The summed E-state index contributed by atoms with van der Waals surface area (Å²) in [5.41, 5.74) is 4.19. The maximum absolute atomic E-state index is 12.9. The summed E-state index contributed by atoms with van der Waals surface area (Å²) in [6.07, 6.45) is 5.36. The van der Waals surface area contributed by atoms with E-state index in [2.05, 4.69) is 28.0 Å². The standard InChI is InChI=1S/C28H35N3O4/c1-35-25-12-10-23(11-13-25)30-17-15-29(16-18-30)14-3-2-6-22-7-4-9-26-27(22)20-31(28(26)34)24(21-33)8-5-19-32/h4,7,9-13,19,21,24H,2-3,5-6,8,14-18,20H2,1H3. The van der Waals surface area contributed by atoms with Gasteiger partial charge < -0.3 is 24.1 Å². The lowest BCUT2D eigenvalue weighted by Gasteiger charge is -2.36. The first kappa shape index (κ1) is 24.9. The fourth-order valence-corrected chi connectivity index (χ4v) is 5.13. The zero-order chi connectivity index (χ0) is 24.6. The van der Waals surface area contributed by atoms with Crippen LogP contribution in [-0.2, 0) is 22.6 Å². The molecule has 2 heterocycles. The van der Waals surface area contributed by atoms with Crippen LogP contribution in [0.4, 0.5) is 5.69 Å². The summed E-state index contributed by atoms with van der Waals surface area (Å²) in [4.78, 5) is 41.7. The first-order valence-electron chi connectivity index (χ1n) is 12.6. The van der Waals surface area contributed by atoms with Gasteiger partial charge in [-0.3, -0.25) is 9.69 Å². The summed E-state index contributed by atoms with van der Waals surface area (Å²) < 4.78 is 5.25. The zero-order valence-corrected chi connectivity index (χ0v) is 20.5. The van der Waals surface area contributed by atoms with Crippen LogP contribution in [-0.4, -0.2) is 74.2 Å². The molecule has 1 atom stereocenters. The Labute approximate surface area is 207 Å². The highest BCUT2D eigenvalue weighted by Gasteiger charge is 2.33. The maximum atomic E-state index is 12.9. The van der Waals surface area contributed by atoms with Crippen LogP contribution < -0.4 is 9.64 Å². The van der Waals surface area contributed by atoms with Crippen molar-refractivity contribution in [3.63, 3.8) is 0 Å². The van der Waals surface area contributed by atoms with Crippen LogP contribution in [0.15, 0.2) is 42.5 Å². The molecule has 186 valence electrons. The molecule has 0 spiro atoms. The highest BCUT2D eigenvalue weighted by Crippen LogP contribution is 2.29. The van der Waals surface area contributed by atoms with Crippen molar-refractivity contribution in [3.05, 3.63) is 59.2 Å². The van der Waals surface area contributed by atoms with Gasteiger partial charge in [0.15, 0.2) is 0 Å². The minimum atomic E-state index is -0.537. The summed E-state index contributed by atoms with van der Waals surface area (Å²) in [5, 5.41) is 0. The monoisotopic (exact) mass is 477 g/mol. The van der Waals surface area contributed by atoms with Gasteiger partial charge in [0.1, 0.15) is 18.3 Å². The van der Waals surface area contributed by atoms with Crippen molar-refractivity contribution in [3.8, 4) is 5.75 Å². The van der Waals surface area contributed by atoms with Crippen molar-refractivity contribution in [1.29, 1.82) is 0 Å². The molecule has 7 nitrogen and oxygen atoms in total. The number of piperazine rings is 1. The average molecular weight is 478 g/mol. The van der Waals surface area contributed by atoms with E-state index in [1.54, 1.807) is 12.0 Å². The molecule has 1 fully saturated rings. The number of fused-ring (bicyclic) bond motifs is 1. The largest absolute Gasteiger partial charge is 0.497 e. The van der Waals surface area contributed by atoms with E-state index >= 15 is 0 Å². The second-order valence-corrected chi connectivity index (χ2v) is 9.31. The summed E-state index contributed by atoms with van der Waals surface area (Å²) in [6, 6.07) is 13.6. The number of ether oxygens (including phenoxy) is 1. The van der Waals surface area contributed by atoms with Crippen molar-refractivity contribution < 1.29 is 19.1 Å². The van der Waals surface area contributed by atoms with Crippen LogP contribution >= 0.6 is 0 Å². The van der Waals surface area contributed by atoms with Crippen LogP contribution in [0.2, 0.25) is 0 Å². The molecule has 0 aliphatic carbocycles. The zero-order valence-electron chi connectivity index (χ0n) is 20.5. The topological polar surface area (TPSA) is 70.2 Å². The molecule has 2 aliphatic heterocycles. The number of aryl methyl sites for hydroxylation is 1. The summed E-state index contributed by atoms with van der Waals surface area (Å²) >= 11 is 0. The van der Waals surface area contributed by atoms with Crippen molar-refractivity contribution in [1.82, 2.24) is 9.80 Å². The van der Waals surface area contributed by atoms with Crippen molar-refractivity contribution in [2.75, 3.05) is 44.7 Å². The molecule has 4 rings (SSSR count). The highest BCUT2D eigenvalue weighted by atomic mass is 16.5. The second kappa shape index (κ2) is 12.0. The number of amides is 1. The molecule has 35 heavy (non-hydrogen) atoms. The van der Waals surface area contributed by atoms with Crippen molar-refractivity contribution >= 4 is 24.2 Å². The number of anilines is 1. The Bertz CT molecular complexity index is 1020. The van der Waals surface area contributed by atoms with Gasteiger partial charge in [-0.2, -0.15) is 0 Å². The molecule has 2 aliphatic rings. The number of aldehydes is 2. The van der Waals surface area contributed by atoms with E-state index in [4.69, 9.17) is 4.74 Å². The Kier molecular flexibility index (Phi) is 8.53. The Morgan fingerprint density at radius 3 is 2.46 bits per heavy atom. The number of unbranched alkanes of at least 4 members (excludes halogenated alkanes) is 1. The van der Waals surface area contributed by atoms with E-state index in [9.17, 15) is 14.4 Å². The average Bonchev–Trinajstić information content (AvgIpc) is 3.24. The summed E-state index contributed by atoms with van der Waals surface area (Å²) in [5.74, 6) is 0.787. The second-order valence-electron chi connectivity index (χ2n) is 9.31. The molecule has 0 aromatic heterocycles. The van der Waals surface area contributed by atoms with E-state index in [0.29, 0.717) is 18.5 Å². The minimum Gasteiger partial charge on any atom is -0.497 e. The third kappa shape index (κ3) is 5.90. The molecule has 2 aromatic rings. The van der Waals surface area contributed by atoms with Gasteiger partial charge in [-0.25, -0.2) is 0 Å². The molecule has 0 radical (unpaired) electrons. The van der Waals surface area contributed by atoms with Crippen LogP contribution in [0.3, 0.4) is 0 Å². The van der Waals surface area contributed by atoms with Gasteiger partial charge in [0.05, 0.1) is 13.2 Å². The van der Waals surface area contributed by atoms with Crippen molar-refractivity contribution in [2.45, 2.75) is 44.7 Å². The number of methoxy groups -OCH3 is 1. The molecule has 1 unspecified atom stereocenters. The molecule has 0 saturated carbocycles. The Balaban J connectivity index is 1.24. The first-order valence-corrected chi connectivity index (χ1v) is 12.6. The quantitative estimate of drug-likeness (QED) is 0.345. The highest BCUT2D eigenvalue weighted by molar-refractivity contribution is 6.00. The lowest BCUT2D eigenvalue weighted by atomic mass is 9.99. The minimum absolute atomic E-state index is 0.0976. The first-order chi connectivity index (χ1) is 17.1. The molecular weight excluding hydrogens is 442 g/mol. The number of rotatable bonds is 12. The van der Waals surface area contributed by atoms with Gasteiger partial charge in [0.25, 0.3) is 5.91 Å². The van der Waals surface area contributed by atoms with Gasteiger partial charge in [-0.15, -0.1) is 0 Å². The van der Waals surface area contributed by atoms with E-state index < -0.39 is 6.04 Å². The fraction of sp³-hybridized carbons (Fsp3) is 0.464. The number of benzene rings is 2. The SMILES string of the molecule is COc1ccc(N2CCN(CCCCc3cccc4c3CN(C(C=O)CCC=O)C4=O)CC2)cc1. The number of hydrogen-bond acceptors (Lipinski definition) is 6. The lowest BCUT2D eigenvalue weighted by molar-refractivity contribution is -0.112. The molecule has 0 N–H and O–H groups in total. The van der Waals surface area contributed by atoms with E-state index in [1.165, 1.54) is 11.3 Å². The molecule has 1 amide bonds. The predicted molar refractivity (Wildman–Crippen MR) is 136 cm³/mol. The lowest BCUT2D eigenvalue weighted by Crippen LogP contribution is -2.46. The Morgan fingerprint density at radius 1 is 1.00 bits per heavy atom. The van der Waals surface area contributed by atoms with Crippen LogP contribution in [0, 0.1) is 0 Å². The van der Waals surface area contributed by atoms with E-state index in [0.717, 1.165) is 75.9 Å². The third-order valence-electron chi connectivity index (χ3n) is 7.21. The van der Waals surface area contributed by atoms with Crippen LogP contribution in [0.1, 0.15) is 47.2 Å². The predicted octanol–water partition coefficient (Wildman–Crippen LogP) is 3.34. The Hall–Kier alpha value is -3.19. The molecule has 1 saturated heterocycles. The molecule has 2 aromatic carbocycles. The number of carbonyl (C=O) groups excluding carboxylic acids is 3. The maximum Gasteiger partial charge on any atom is 0.255 e. The normalized spacial score (nSPS) is 16.8. The number of nitrogens with zero attached hydrogens (tertiary/aromatic N) is 3. The van der Waals surface area contributed by atoms with Gasteiger partial charge >= 0.3 is 0 Å². The summed E-state index contributed by atoms with van der Waals surface area (Å²) in [7, 11) is 1.69. The number of carbonyl (C=O) groups is 3. The molecule has 7 heteroatoms. The van der Waals surface area contributed by atoms with Gasteiger partial charge in [-0.1, -0.05) is 12.1 Å².